The fourth-order valence-electron chi connectivity index (χ4n) is 3.03. The van der Waals surface area contributed by atoms with E-state index in [1.54, 1.807) is 6.20 Å². The Morgan fingerprint density at radius 1 is 1.19 bits per heavy atom. The Labute approximate surface area is 161 Å². The third-order valence-electron chi connectivity index (χ3n) is 4.67. The zero-order valence-electron chi connectivity index (χ0n) is 16.1. The average Bonchev–Trinajstić information content (AvgIpc) is 2.67. The van der Waals surface area contributed by atoms with Crippen LogP contribution in [-0.2, 0) is 4.79 Å². The van der Waals surface area contributed by atoms with Gasteiger partial charge in [0.25, 0.3) is 0 Å². The highest BCUT2D eigenvalue weighted by Crippen LogP contribution is 2.16. The molecule has 1 amide bonds. The van der Waals surface area contributed by atoms with Crippen LogP contribution in [0, 0.1) is 6.92 Å². The molecule has 144 valence electrons. The molecular formula is C21H28N4O2. The van der Waals surface area contributed by atoms with Crippen LogP contribution in [0.3, 0.4) is 0 Å². The van der Waals surface area contributed by atoms with E-state index in [9.17, 15) is 4.79 Å². The highest BCUT2D eigenvalue weighted by molar-refractivity contribution is 5.90. The minimum atomic E-state index is -0.0167. The van der Waals surface area contributed by atoms with Gasteiger partial charge in [0.05, 0.1) is 18.5 Å². The summed E-state index contributed by atoms with van der Waals surface area (Å²) in [6, 6.07) is 11.8. The molecule has 3 rings (SSSR count). The maximum absolute atomic E-state index is 12.1. The minimum Gasteiger partial charge on any atom is -0.494 e. The van der Waals surface area contributed by atoms with Gasteiger partial charge in [-0.05, 0) is 50.2 Å². The first kappa shape index (κ1) is 19.2. The van der Waals surface area contributed by atoms with Crippen LogP contribution < -0.4 is 15.0 Å². The molecule has 0 unspecified atom stereocenters. The van der Waals surface area contributed by atoms with Crippen LogP contribution in [0.4, 0.5) is 11.5 Å². The first-order valence-corrected chi connectivity index (χ1v) is 9.49. The highest BCUT2D eigenvalue weighted by Gasteiger charge is 2.15. The lowest BCUT2D eigenvalue weighted by molar-refractivity contribution is -0.116. The summed E-state index contributed by atoms with van der Waals surface area (Å²) >= 11 is 0. The Kier molecular flexibility index (Phi) is 6.65. The summed E-state index contributed by atoms with van der Waals surface area (Å²) in [6.07, 6.45) is 2.83. The second kappa shape index (κ2) is 9.37. The smallest absolute Gasteiger partial charge is 0.224 e. The molecule has 0 atom stereocenters. The van der Waals surface area contributed by atoms with Crippen molar-refractivity contribution >= 4 is 17.4 Å². The lowest BCUT2D eigenvalue weighted by atomic mass is 10.2. The van der Waals surface area contributed by atoms with Crippen molar-refractivity contribution in [3.05, 3.63) is 48.2 Å². The van der Waals surface area contributed by atoms with Crippen LogP contribution in [0.15, 0.2) is 42.6 Å². The van der Waals surface area contributed by atoms with E-state index in [4.69, 9.17) is 4.74 Å². The number of aryl methyl sites for hydroxylation is 1. The van der Waals surface area contributed by atoms with E-state index >= 15 is 0 Å². The van der Waals surface area contributed by atoms with E-state index in [0.29, 0.717) is 19.4 Å². The molecule has 0 saturated carbocycles. The zero-order valence-corrected chi connectivity index (χ0v) is 16.1. The zero-order chi connectivity index (χ0) is 19.1. The molecule has 6 heteroatoms. The van der Waals surface area contributed by atoms with Gasteiger partial charge in [0.2, 0.25) is 5.91 Å². The Hall–Kier alpha value is -2.60. The van der Waals surface area contributed by atoms with Gasteiger partial charge < -0.3 is 19.9 Å². The summed E-state index contributed by atoms with van der Waals surface area (Å²) in [4.78, 5) is 21.2. The molecule has 1 aromatic heterocycles. The fourth-order valence-corrected chi connectivity index (χ4v) is 3.03. The number of benzene rings is 1. The second-order valence-corrected chi connectivity index (χ2v) is 7.01. The van der Waals surface area contributed by atoms with Gasteiger partial charge in [-0.1, -0.05) is 12.1 Å². The summed E-state index contributed by atoms with van der Waals surface area (Å²) in [5.41, 5.74) is 1.90. The monoisotopic (exact) mass is 368 g/mol. The molecule has 2 aromatic rings. The molecule has 1 N–H and O–H groups in total. The summed E-state index contributed by atoms with van der Waals surface area (Å²) in [5.74, 6) is 1.80. The first-order valence-electron chi connectivity index (χ1n) is 9.49. The lowest BCUT2D eigenvalue weighted by Crippen LogP contribution is -2.44. The van der Waals surface area contributed by atoms with Gasteiger partial charge in [-0.25, -0.2) is 4.98 Å². The third kappa shape index (κ3) is 5.96. The Morgan fingerprint density at radius 2 is 2.00 bits per heavy atom. The van der Waals surface area contributed by atoms with Crippen molar-refractivity contribution in [2.75, 3.05) is 50.1 Å². The van der Waals surface area contributed by atoms with Gasteiger partial charge in [-0.3, -0.25) is 4.79 Å². The van der Waals surface area contributed by atoms with Gasteiger partial charge >= 0.3 is 0 Å². The van der Waals surface area contributed by atoms with Crippen LogP contribution >= 0.6 is 0 Å². The number of anilines is 2. The van der Waals surface area contributed by atoms with Crippen LogP contribution in [0.1, 0.15) is 18.4 Å². The Balaban J connectivity index is 1.39. The van der Waals surface area contributed by atoms with Crippen LogP contribution in [0.2, 0.25) is 0 Å². The van der Waals surface area contributed by atoms with Gasteiger partial charge in [-0.2, -0.15) is 0 Å². The number of nitrogens with zero attached hydrogens (tertiary/aromatic N) is 3. The molecule has 0 radical (unpaired) electrons. The third-order valence-corrected chi connectivity index (χ3v) is 4.67. The van der Waals surface area contributed by atoms with Crippen molar-refractivity contribution in [2.24, 2.45) is 0 Å². The maximum atomic E-state index is 12.1. The van der Waals surface area contributed by atoms with E-state index < -0.39 is 0 Å². The molecule has 0 spiro atoms. The predicted molar refractivity (Wildman–Crippen MR) is 108 cm³/mol. The van der Waals surface area contributed by atoms with E-state index in [-0.39, 0.29) is 5.91 Å². The minimum absolute atomic E-state index is 0.0167. The van der Waals surface area contributed by atoms with Crippen LogP contribution in [-0.4, -0.2) is 55.6 Å². The van der Waals surface area contributed by atoms with Crippen molar-refractivity contribution < 1.29 is 9.53 Å². The van der Waals surface area contributed by atoms with Crippen molar-refractivity contribution in [1.82, 2.24) is 9.88 Å². The lowest BCUT2D eigenvalue weighted by Gasteiger charge is -2.33. The highest BCUT2D eigenvalue weighted by atomic mass is 16.5. The predicted octanol–water partition coefficient (Wildman–Crippen LogP) is 2.94. The number of amides is 1. The van der Waals surface area contributed by atoms with Crippen molar-refractivity contribution in [3.63, 3.8) is 0 Å². The standard InChI is InChI=1S/C21H28N4O2/c1-17-5-3-6-19(15-17)27-14-4-7-21(26)23-18-8-9-20(22-16-18)25-12-10-24(2)11-13-25/h3,5-6,8-9,15-16H,4,7,10-14H2,1-2H3,(H,23,26). The number of carbonyl (C=O) groups excluding carboxylic acids is 1. The molecule has 1 saturated heterocycles. The van der Waals surface area contributed by atoms with E-state index in [2.05, 4.69) is 27.1 Å². The molecule has 0 bridgehead atoms. The molecule has 1 fully saturated rings. The SMILES string of the molecule is Cc1cccc(OCCCC(=O)Nc2ccc(N3CCN(C)CC3)nc2)c1. The average molecular weight is 368 g/mol. The maximum Gasteiger partial charge on any atom is 0.224 e. The number of hydrogen-bond acceptors (Lipinski definition) is 5. The molecule has 1 aromatic carbocycles. The number of ether oxygens (including phenoxy) is 1. The normalized spacial score (nSPS) is 14.8. The topological polar surface area (TPSA) is 57.7 Å². The van der Waals surface area contributed by atoms with Crippen LogP contribution in [0.5, 0.6) is 5.75 Å². The molecule has 2 heterocycles. The number of likely N-dealkylation sites (N-methyl/N-ethyl adjacent to an activating group) is 1. The largest absolute Gasteiger partial charge is 0.494 e. The fraction of sp³-hybridized carbons (Fsp3) is 0.429. The number of piperazine rings is 1. The van der Waals surface area contributed by atoms with Gasteiger partial charge in [0.15, 0.2) is 0 Å². The number of nitrogens with one attached hydrogen (secondary N) is 1. The molecule has 1 aliphatic rings. The number of pyridine rings is 1. The summed E-state index contributed by atoms with van der Waals surface area (Å²) in [5, 5.41) is 2.90. The summed E-state index contributed by atoms with van der Waals surface area (Å²) in [7, 11) is 2.13. The van der Waals surface area contributed by atoms with Crippen LogP contribution in [0.25, 0.3) is 0 Å². The number of aromatic nitrogens is 1. The van der Waals surface area contributed by atoms with Crippen molar-refractivity contribution in [3.8, 4) is 5.75 Å². The molecule has 6 nitrogen and oxygen atoms in total. The molecule has 27 heavy (non-hydrogen) atoms. The molecular weight excluding hydrogens is 340 g/mol. The first-order chi connectivity index (χ1) is 13.1. The van der Waals surface area contributed by atoms with E-state index in [1.807, 2.05) is 43.3 Å². The van der Waals surface area contributed by atoms with Crippen molar-refractivity contribution in [1.29, 1.82) is 0 Å². The number of rotatable bonds is 7. The van der Waals surface area contributed by atoms with E-state index in [0.717, 1.165) is 49.0 Å². The number of carbonyl (C=O) groups is 1. The second-order valence-electron chi connectivity index (χ2n) is 7.01. The van der Waals surface area contributed by atoms with Gasteiger partial charge in [-0.15, -0.1) is 0 Å². The quantitative estimate of drug-likeness (QED) is 0.762. The van der Waals surface area contributed by atoms with Crippen molar-refractivity contribution in [2.45, 2.75) is 19.8 Å². The Morgan fingerprint density at radius 3 is 2.70 bits per heavy atom. The Bertz CT molecular complexity index is 740. The summed E-state index contributed by atoms with van der Waals surface area (Å²) < 4.78 is 5.68. The number of hydrogen-bond donors (Lipinski definition) is 1. The van der Waals surface area contributed by atoms with Gasteiger partial charge in [0.1, 0.15) is 11.6 Å². The molecule has 1 aliphatic heterocycles. The molecule has 0 aliphatic carbocycles. The van der Waals surface area contributed by atoms with E-state index in [1.165, 1.54) is 0 Å². The van der Waals surface area contributed by atoms with Gasteiger partial charge in [0, 0.05) is 32.6 Å². The summed E-state index contributed by atoms with van der Waals surface area (Å²) in [6.45, 7) is 6.61.